The molecular formula is C7H11NOS. The van der Waals surface area contributed by atoms with Crippen LogP contribution in [0.4, 0.5) is 0 Å². The number of carbonyl (C=O) groups excluding carboxylic acids is 1. The predicted molar refractivity (Wildman–Crippen MR) is 44.7 cm³/mol. The van der Waals surface area contributed by atoms with E-state index < -0.39 is 0 Å². The molecule has 0 aromatic carbocycles. The monoisotopic (exact) mass is 157 g/mol. The molecule has 0 N–H and O–H groups in total. The molecular weight excluding hydrogens is 146 g/mol. The van der Waals surface area contributed by atoms with E-state index in [1.54, 1.807) is 18.7 Å². The summed E-state index contributed by atoms with van der Waals surface area (Å²) in [5.41, 5.74) is 0. The lowest BCUT2D eigenvalue weighted by Crippen LogP contribution is -1.94. The molecule has 0 bridgehead atoms. The zero-order chi connectivity index (χ0) is 7.40. The summed E-state index contributed by atoms with van der Waals surface area (Å²) in [6, 6.07) is 0. The molecule has 0 atom stereocenters. The number of aliphatic imine (C=N–C) groups is 1. The van der Waals surface area contributed by atoms with Crippen LogP contribution in [-0.2, 0) is 4.79 Å². The van der Waals surface area contributed by atoms with Gasteiger partial charge in [0.05, 0.1) is 5.04 Å². The second-order valence-electron chi connectivity index (χ2n) is 2.33. The summed E-state index contributed by atoms with van der Waals surface area (Å²) in [5, 5.41) is 1.16. The number of carbonyl (C=O) groups is 1. The average Bonchev–Trinajstić information content (AvgIpc) is 2.34. The van der Waals surface area contributed by atoms with Gasteiger partial charge in [0.1, 0.15) is 5.78 Å². The summed E-state index contributed by atoms with van der Waals surface area (Å²) in [6.07, 6.45) is 1.52. The lowest BCUT2D eigenvalue weighted by molar-refractivity contribution is -0.116. The summed E-state index contributed by atoms with van der Waals surface area (Å²) < 4.78 is 0. The molecule has 1 aliphatic heterocycles. The van der Waals surface area contributed by atoms with E-state index in [-0.39, 0.29) is 5.78 Å². The van der Waals surface area contributed by atoms with Gasteiger partial charge in [-0.15, -0.1) is 11.8 Å². The van der Waals surface area contributed by atoms with E-state index in [2.05, 4.69) is 4.99 Å². The quantitative estimate of drug-likeness (QED) is 0.621. The van der Waals surface area contributed by atoms with E-state index in [9.17, 15) is 4.79 Å². The van der Waals surface area contributed by atoms with Crippen molar-refractivity contribution in [2.45, 2.75) is 19.8 Å². The first-order valence-electron chi connectivity index (χ1n) is 3.44. The van der Waals surface area contributed by atoms with Crippen LogP contribution in [0.2, 0.25) is 0 Å². The molecule has 0 fully saturated rings. The summed E-state index contributed by atoms with van der Waals surface area (Å²) in [7, 11) is 0. The number of hydrogen-bond donors (Lipinski definition) is 0. The van der Waals surface area contributed by atoms with Crippen molar-refractivity contribution in [1.82, 2.24) is 0 Å². The van der Waals surface area contributed by atoms with Crippen LogP contribution in [-0.4, -0.2) is 23.1 Å². The molecule has 0 spiro atoms. The van der Waals surface area contributed by atoms with Crippen LogP contribution in [0.3, 0.4) is 0 Å². The minimum absolute atomic E-state index is 0.259. The third-order valence-corrected chi connectivity index (χ3v) is 2.39. The maximum atomic E-state index is 10.5. The van der Waals surface area contributed by atoms with Crippen molar-refractivity contribution in [1.29, 1.82) is 0 Å². The van der Waals surface area contributed by atoms with E-state index >= 15 is 0 Å². The second kappa shape index (κ2) is 3.76. The first-order valence-corrected chi connectivity index (χ1v) is 4.43. The topological polar surface area (TPSA) is 29.4 Å². The Bertz CT molecular complexity index is 165. The van der Waals surface area contributed by atoms with Gasteiger partial charge in [-0.2, -0.15) is 0 Å². The Kier molecular flexibility index (Phi) is 2.93. The van der Waals surface area contributed by atoms with Crippen molar-refractivity contribution >= 4 is 22.6 Å². The molecule has 0 saturated heterocycles. The zero-order valence-corrected chi connectivity index (χ0v) is 6.91. The Morgan fingerprint density at radius 3 is 3.10 bits per heavy atom. The van der Waals surface area contributed by atoms with E-state index in [0.717, 1.165) is 23.8 Å². The third-order valence-electron chi connectivity index (χ3n) is 1.34. The lowest BCUT2D eigenvalue weighted by atomic mass is 10.2. The standard InChI is InChI=1S/C7H11NOS/c1-6(9)2-3-7-8-4-5-10-7/h2-5H2,1H3. The average molecular weight is 157 g/mol. The Hall–Kier alpha value is -0.310. The summed E-state index contributed by atoms with van der Waals surface area (Å²) in [6.45, 7) is 2.57. The Morgan fingerprint density at radius 2 is 2.60 bits per heavy atom. The minimum atomic E-state index is 0.259. The fourth-order valence-corrected chi connectivity index (χ4v) is 1.66. The van der Waals surface area contributed by atoms with Crippen molar-refractivity contribution < 1.29 is 4.79 Å². The van der Waals surface area contributed by atoms with Gasteiger partial charge in [-0.3, -0.25) is 4.99 Å². The van der Waals surface area contributed by atoms with Crippen LogP contribution >= 0.6 is 11.8 Å². The number of hydrogen-bond acceptors (Lipinski definition) is 3. The highest BCUT2D eigenvalue weighted by atomic mass is 32.2. The molecule has 0 amide bonds. The largest absolute Gasteiger partial charge is 0.300 e. The molecule has 2 nitrogen and oxygen atoms in total. The van der Waals surface area contributed by atoms with Crippen LogP contribution in [0.25, 0.3) is 0 Å². The van der Waals surface area contributed by atoms with Crippen molar-refractivity contribution in [2.24, 2.45) is 4.99 Å². The molecule has 0 saturated carbocycles. The normalized spacial score (nSPS) is 17.1. The number of Topliss-reactive ketones (excluding diaryl/α,β-unsaturated/α-hetero) is 1. The Balaban J connectivity index is 2.19. The molecule has 10 heavy (non-hydrogen) atoms. The molecule has 0 unspecified atom stereocenters. The highest BCUT2D eigenvalue weighted by Gasteiger charge is 2.06. The van der Waals surface area contributed by atoms with Crippen molar-refractivity contribution in [2.75, 3.05) is 12.3 Å². The third kappa shape index (κ3) is 2.52. The summed E-state index contributed by atoms with van der Waals surface area (Å²) in [5.74, 6) is 1.36. The molecule has 0 aliphatic carbocycles. The van der Waals surface area contributed by atoms with Gasteiger partial charge >= 0.3 is 0 Å². The van der Waals surface area contributed by atoms with Gasteiger partial charge in [0, 0.05) is 25.1 Å². The van der Waals surface area contributed by atoms with Crippen LogP contribution in [0.1, 0.15) is 19.8 Å². The van der Waals surface area contributed by atoms with Crippen LogP contribution in [0, 0.1) is 0 Å². The van der Waals surface area contributed by atoms with Crippen LogP contribution in [0.5, 0.6) is 0 Å². The molecule has 1 rings (SSSR count). The fraction of sp³-hybridized carbons (Fsp3) is 0.714. The summed E-state index contributed by atoms with van der Waals surface area (Å²) in [4.78, 5) is 14.8. The number of ketones is 1. The number of rotatable bonds is 3. The summed E-state index contributed by atoms with van der Waals surface area (Å²) >= 11 is 1.78. The smallest absolute Gasteiger partial charge is 0.130 e. The number of thioether (sulfide) groups is 1. The highest BCUT2D eigenvalue weighted by Crippen LogP contribution is 2.15. The van der Waals surface area contributed by atoms with Crippen molar-refractivity contribution in [3.63, 3.8) is 0 Å². The molecule has 0 radical (unpaired) electrons. The Labute approximate surface area is 65.1 Å². The fourth-order valence-electron chi connectivity index (χ4n) is 0.814. The molecule has 1 aliphatic rings. The SMILES string of the molecule is CC(=O)CCC1=NCCS1. The molecule has 1 heterocycles. The van der Waals surface area contributed by atoms with Gasteiger partial charge in [-0.25, -0.2) is 0 Å². The van der Waals surface area contributed by atoms with E-state index in [1.807, 2.05) is 0 Å². The predicted octanol–water partition coefficient (Wildman–Crippen LogP) is 1.50. The van der Waals surface area contributed by atoms with E-state index in [1.165, 1.54) is 0 Å². The zero-order valence-electron chi connectivity index (χ0n) is 6.09. The Morgan fingerprint density at radius 1 is 1.80 bits per heavy atom. The maximum Gasteiger partial charge on any atom is 0.130 e. The van der Waals surface area contributed by atoms with Crippen LogP contribution in [0.15, 0.2) is 4.99 Å². The van der Waals surface area contributed by atoms with E-state index in [4.69, 9.17) is 0 Å². The van der Waals surface area contributed by atoms with Crippen molar-refractivity contribution in [3.8, 4) is 0 Å². The lowest BCUT2D eigenvalue weighted by Gasteiger charge is -1.94. The first-order chi connectivity index (χ1) is 4.79. The van der Waals surface area contributed by atoms with Gasteiger partial charge < -0.3 is 4.79 Å². The van der Waals surface area contributed by atoms with Gasteiger partial charge in [0.25, 0.3) is 0 Å². The number of nitrogens with zero attached hydrogens (tertiary/aromatic N) is 1. The minimum Gasteiger partial charge on any atom is -0.300 e. The molecule has 0 aromatic rings. The van der Waals surface area contributed by atoms with Gasteiger partial charge in [-0.05, 0) is 6.92 Å². The van der Waals surface area contributed by atoms with Gasteiger partial charge in [-0.1, -0.05) is 0 Å². The molecule has 3 heteroatoms. The first kappa shape index (κ1) is 7.79. The molecule has 56 valence electrons. The van der Waals surface area contributed by atoms with Gasteiger partial charge in [0.15, 0.2) is 0 Å². The molecule has 0 aromatic heterocycles. The van der Waals surface area contributed by atoms with Crippen molar-refractivity contribution in [3.05, 3.63) is 0 Å². The highest BCUT2D eigenvalue weighted by molar-refractivity contribution is 8.14. The second-order valence-corrected chi connectivity index (χ2v) is 3.49. The van der Waals surface area contributed by atoms with Crippen LogP contribution < -0.4 is 0 Å². The van der Waals surface area contributed by atoms with E-state index in [0.29, 0.717) is 6.42 Å². The van der Waals surface area contributed by atoms with Gasteiger partial charge in [0.2, 0.25) is 0 Å². The maximum absolute atomic E-state index is 10.5.